The Morgan fingerprint density at radius 1 is 1.20 bits per heavy atom. The highest BCUT2D eigenvalue weighted by Gasteiger charge is 2.43. The lowest BCUT2D eigenvalue weighted by Gasteiger charge is -2.34. The summed E-state index contributed by atoms with van der Waals surface area (Å²) < 4.78 is 2.33. The van der Waals surface area contributed by atoms with Gasteiger partial charge in [0.25, 0.3) is 0 Å². The Morgan fingerprint density at radius 3 is 2.77 bits per heavy atom. The lowest BCUT2D eigenvalue weighted by Crippen LogP contribution is -2.48. The molecule has 0 saturated heterocycles. The average Bonchev–Trinajstić information content (AvgIpc) is 3.16. The Balaban J connectivity index is 1.50. The summed E-state index contributed by atoms with van der Waals surface area (Å²) in [5.41, 5.74) is 7.18. The maximum absolute atomic E-state index is 12.8. The first-order valence-corrected chi connectivity index (χ1v) is 9.89. The molecule has 0 spiro atoms. The maximum Gasteiger partial charge on any atom is 0.224 e. The van der Waals surface area contributed by atoms with Crippen LogP contribution in [0.15, 0.2) is 42.6 Å². The molecule has 1 aliphatic carbocycles. The molecule has 1 fully saturated rings. The van der Waals surface area contributed by atoms with E-state index < -0.39 is 5.60 Å². The van der Waals surface area contributed by atoms with E-state index in [9.17, 15) is 10.3 Å². The van der Waals surface area contributed by atoms with Gasteiger partial charge in [0, 0.05) is 17.5 Å². The van der Waals surface area contributed by atoms with E-state index in [2.05, 4.69) is 20.3 Å². The Morgan fingerprint density at radius 2 is 2.00 bits per heavy atom. The molecule has 0 unspecified atom stereocenters. The number of fused-ring (bicyclic) bond motifs is 1. The van der Waals surface area contributed by atoms with Gasteiger partial charge in [-0.3, -0.25) is 0 Å². The van der Waals surface area contributed by atoms with Crippen molar-refractivity contribution >= 4 is 28.5 Å². The Kier molecular flexibility index (Phi) is 4.30. The minimum atomic E-state index is -1.04. The highest BCUT2D eigenvalue weighted by atomic mass is 35.5. The Bertz CT molecular complexity index is 1270. The van der Waals surface area contributed by atoms with Crippen LogP contribution < -0.4 is 10.5 Å². The second kappa shape index (κ2) is 6.89. The standard InChI is InChI=1S/C20H18ClN7O2/c21-14-6-2-5-13-17(14)23-19(22)24-18(13)15-11-27(26-25-15)10-12-4-1-7-16(28(12)30)20(29)8-3-9-20/h1-2,4-7,11,29H,3,8-10H2,(H2,22,23,24). The van der Waals surface area contributed by atoms with Crippen LogP contribution in [-0.2, 0) is 12.1 Å². The first kappa shape index (κ1) is 18.7. The van der Waals surface area contributed by atoms with Crippen molar-refractivity contribution in [2.24, 2.45) is 0 Å². The molecular weight excluding hydrogens is 406 g/mol. The molecular formula is C20H18ClN7O2. The molecule has 0 radical (unpaired) electrons. The number of anilines is 1. The molecule has 1 saturated carbocycles. The second-order valence-electron chi connectivity index (χ2n) is 7.45. The third-order valence-corrected chi connectivity index (χ3v) is 5.78. The van der Waals surface area contributed by atoms with Gasteiger partial charge in [0.15, 0.2) is 0 Å². The van der Waals surface area contributed by atoms with Crippen LogP contribution in [0.1, 0.15) is 30.7 Å². The van der Waals surface area contributed by atoms with Crippen molar-refractivity contribution in [2.45, 2.75) is 31.4 Å². The van der Waals surface area contributed by atoms with Crippen LogP contribution in [0.25, 0.3) is 22.3 Å². The number of para-hydroxylation sites is 1. The molecule has 0 aliphatic heterocycles. The van der Waals surface area contributed by atoms with Crippen LogP contribution in [0.4, 0.5) is 5.95 Å². The van der Waals surface area contributed by atoms with E-state index in [1.807, 2.05) is 6.07 Å². The molecule has 3 aromatic heterocycles. The predicted molar refractivity (Wildman–Crippen MR) is 110 cm³/mol. The number of aromatic nitrogens is 6. The fourth-order valence-corrected chi connectivity index (χ4v) is 3.97. The Labute approximate surface area is 176 Å². The molecule has 3 heterocycles. The van der Waals surface area contributed by atoms with Crippen molar-refractivity contribution in [1.29, 1.82) is 0 Å². The highest BCUT2D eigenvalue weighted by Crippen LogP contribution is 2.39. The zero-order valence-corrected chi connectivity index (χ0v) is 16.6. The van der Waals surface area contributed by atoms with E-state index in [1.165, 1.54) is 0 Å². The molecule has 0 bridgehead atoms. The summed E-state index contributed by atoms with van der Waals surface area (Å²) in [5, 5.41) is 32.9. The summed E-state index contributed by atoms with van der Waals surface area (Å²) in [7, 11) is 0. The molecule has 0 atom stereocenters. The number of hydrogen-bond acceptors (Lipinski definition) is 7. The molecule has 152 valence electrons. The van der Waals surface area contributed by atoms with Gasteiger partial charge in [-0.15, -0.1) is 5.10 Å². The third-order valence-electron chi connectivity index (χ3n) is 5.48. The van der Waals surface area contributed by atoms with E-state index in [0.29, 0.717) is 51.5 Å². The SMILES string of the molecule is Nc1nc(-c2cn(Cc3cccc(C4(O)CCC4)[n+]3[O-])nn2)c2cccc(Cl)c2n1. The smallest absolute Gasteiger partial charge is 0.224 e. The van der Waals surface area contributed by atoms with E-state index in [0.717, 1.165) is 11.2 Å². The van der Waals surface area contributed by atoms with Gasteiger partial charge in [-0.25, -0.2) is 14.6 Å². The van der Waals surface area contributed by atoms with Crippen LogP contribution in [0.2, 0.25) is 5.02 Å². The van der Waals surface area contributed by atoms with Gasteiger partial charge < -0.3 is 16.0 Å². The molecule has 0 amide bonds. The minimum absolute atomic E-state index is 0.0824. The maximum atomic E-state index is 12.8. The van der Waals surface area contributed by atoms with Gasteiger partial charge in [0.1, 0.15) is 23.5 Å². The number of rotatable bonds is 4. The van der Waals surface area contributed by atoms with Crippen molar-refractivity contribution in [3.63, 3.8) is 0 Å². The van der Waals surface area contributed by atoms with Gasteiger partial charge in [0.2, 0.25) is 17.3 Å². The first-order chi connectivity index (χ1) is 14.4. The molecule has 5 rings (SSSR count). The van der Waals surface area contributed by atoms with Gasteiger partial charge in [-0.05, 0) is 31.4 Å². The molecule has 1 aliphatic rings. The van der Waals surface area contributed by atoms with Crippen molar-refractivity contribution in [3.8, 4) is 11.4 Å². The van der Waals surface area contributed by atoms with E-state index in [4.69, 9.17) is 17.3 Å². The molecule has 9 nitrogen and oxygen atoms in total. The number of nitrogen functional groups attached to an aromatic ring is 1. The summed E-state index contributed by atoms with van der Waals surface area (Å²) in [5.74, 6) is 0.0824. The number of benzene rings is 1. The van der Waals surface area contributed by atoms with Crippen molar-refractivity contribution in [3.05, 3.63) is 64.2 Å². The van der Waals surface area contributed by atoms with Gasteiger partial charge in [-0.2, -0.15) is 4.73 Å². The van der Waals surface area contributed by atoms with Crippen LogP contribution in [0.3, 0.4) is 0 Å². The number of nitrogens with two attached hydrogens (primary N) is 1. The lowest BCUT2D eigenvalue weighted by atomic mass is 9.77. The van der Waals surface area contributed by atoms with Crippen molar-refractivity contribution in [2.75, 3.05) is 5.73 Å². The quantitative estimate of drug-likeness (QED) is 0.380. The van der Waals surface area contributed by atoms with Gasteiger partial charge in [-0.1, -0.05) is 28.9 Å². The summed E-state index contributed by atoms with van der Waals surface area (Å²) in [6, 6.07) is 10.5. The van der Waals surface area contributed by atoms with E-state index in [1.54, 1.807) is 41.2 Å². The summed E-state index contributed by atoms with van der Waals surface area (Å²) in [4.78, 5) is 8.51. The average molecular weight is 424 g/mol. The van der Waals surface area contributed by atoms with Crippen LogP contribution in [0.5, 0.6) is 0 Å². The first-order valence-electron chi connectivity index (χ1n) is 9.51. The van der Waals surface area contributed by atoms with Crippen LogP contribution in [0, 0.1) is 5.21 Å². The highest BCUT2D eigenvalue weighted by molar-refractivity contribution is 6.35. The molecule has 3 N–H and O–H groups in total. The topological polar surface area (TPSA) is 130 Å². The second-order valence-corrected chi connectivity index (χ2v) is 7.86. The zero-order valence-electron chi connectivity index (χ0n) is 15.9. The zero-order chi connectivity index (χ0) is 20.9. The summed E-state index contributed by atoms with van der Waals surface area (Å²) in [6.45, 7) is 0.194. The van der Waals surface area contributed by atoms with E-state index in [-0.39, 0.29) is 12.5 Å². The number of hydrogen-bond donors (Lipinski definition) is 2. The number of pyridine rings is 1. The third kappa shape index (κ3) is 3.03. The predicted octanol–water partition coefficient (Wildman–Crippen LogP) is 2.18. The van der Waals surface area contributed by atoms with Gasteiger partial charge >= 0.3 is 0 Å². The largest absolute Gasteiger partial charge is 0.618 e. The molecule has 1 aromatic carbocycles. The number of halogens is 1. The lowest BCUT2D eigenvalue weighted by molar-refractivity contribution is -0.633. The fourth-order valence-electron chi connectivity index (χ4n) is 3.75. The monoisotopic (exact) mass is 423 g/mol. The van der Waals surface area contributed by atoms with Crippen molar-refractivity contribution in [1.82, 2.24) is 25.0 Å². The Hall–Kier alpha value is -3.30. The molecule has 30 heavy (non-hydrogen) atoms. The normalized spacial score (nSPS) is 15.3. The number of aliphatic hydroxyl groups is 1. The van der Waals surface area contributed by atoms with Crippen LogP contribution in [-0.4, -0.2) is 30.1 Å². The molecule has 4 aromatic rings. The fraction of sp³-hybridized carbons (Fsp3) is 0.250. The van der Waals surface area contributed by atoms with Crippen molar-refractivity contribution < 1.29 is 9.84 Å². The minimum Gasteiger partial charge on any atom is -0.618 e. The molecule has 10 heteroatoms. The number of nitrogens with zero attached hydrogens (tertiary/aromatic N) is 6. The summed E-state index contributed by atoms with van der Waals surface area (Å²) in [6.07, 6.45) is 3.79. The van der Waals surface area contributed by atoms with E-state index >= 15 is 0 Å². The van der Waals surface area contributed by atoms with Crippen LogP contribution >= 0.6 is 11.6 Å². The summed E-state index contributed by atoms with van der Waals surface area (Å²) >= 11 is 6.24. The van der Waals surface area contributed by atoms with Gasteiger partial charge in [0.05, 0.1) is 16.7 Å².